The Hall–Kier alpha value is -1.81. The number of hydrogen-bond acceptors (Lipinski definition) is 2. The van der Waals surface area contributed by atoms with Crippen LogP contribution in [0.4, 0.5) is 5.69 Å². The van der Waals surface area contributed by atoms with Crippen LogP contribution in [0.25, 0.3) is 0 Å². The summed E-state index contributed by atoms with van der Waals surface area (Å²) in [6, 6.07) is 17.1. The Kier molecular flexibility index (Phi) is 3.29. The Bertz CT molecular complexity index is 751. The molecule has 0 fully saturated rings. The van der Waals surface area contributed by atoms with Gasteiger partial charge in [-0.3, -0.25) is 4.31 Å². The summed E-state index contributed by atoms with van der Waals surface area (Å²) in [7, 11) is -3.36. The van der Waals surface area contributed by atoms with Gasteiger partial charge in [0.1, 0.15) is 0 Å². The molecule has 0 aliphatic carbocycles. The minimum Gasteiger partial charge on any atom is -0.269 e. The zero-order valence-electron chi connectivity index (χ0n) is 12.3. The predicted octanol–water partition coefficient (Wildman–Crippen LogP) is 3.31. The summed E-state index contributed by atoms with van der Waals surface area (Å²) in [4.78, 5) is 0. The molecule has 0 saturated heterocycles. The molecule has 0 spiro atoms. The molecule has 21 heavy (non-hydrogen) atoms. The first kappa shape index (κ1) is 14.1. The maximum absolute atomic E-state index is 12.8. The molecule has 0 bridgehead atoms. The minimum atomic E-state index is -3.36. The van der Waals surface area contributed by atoms with Crippen LogP contribution >= 0.6 is 0 Å². The molecule has 0 radical (unpaired) electrons. The molecule has 0 unspecified atom stereocenters. The third kappa shape index (κ3) is 2.56. The highest BCUT2D eigenvalue weighted by Crippen LogP contribution is 2.42. The molecule has 4 heteroatoms. The Morgan fingerprint density at radius 3 is 2.33 bits per heavy atom. The number of rotatable bonds is 3. The Balaban J connectivity index is 1.98. The third-order valence-corrected chi connectivity index (χ3v) is 5.66. The van der Waals surface area contributed by atoms with E-state index in [4.69, 9.17) is 0 Å². The SMILES string of the molecule is CC1(C)CN(S(=O)(=O)Cc2ccccc2)c2ccccc21. The molecule has 2 aromatic carbocycles. The molecule has 3 rings (SSSR count). The van der Waals surface area contributed by atoms with E-state index in [2.05, 4.69) is 13.8 Å². The van der Waals surface area contributed by atoms with Gasteiger partial charge in [0, 0.05) is 12.0 Å². The second kappa shape index (κ2) is 4.88. The zero-order chi connectivity index (χ0) is 15.1. The molecule has 0 saturated carbocycles. The first-order chi connectivity index (χ1) is 9.90. The lowest BCUT2D eigenvalue weighted by Crippen LogP contribution is -2.34. The average Bonchev–Trinajstić information content (AvgIpc) is 2.73. The maximum atomic E-state index is 12.8. The van der Waals surface area contributed by atoms with Gasteiger partial charge in [0.25, 0.3) is 0 Å². The molecule has 3 nitrogen and oxygen atoms in total. The van der Waals surface area contributed by atoms with Crippen LogP contribution in [0.3, 0.4) is 0 Å². The van der Waals surface area contributed by atoms with Gasteiger partial charge in [-0.2, -0.15) is 0 Å². The third-order valence-electron chi connectivity index (χ3n) is 3.97. The fourth-order valence-electron chi connectivity index (χ4n) is 2.90. The summed E-state index contributed by atoms with van der Waals surface area (Å²) in [5.41, 5.74) is 2.58. The zero-order valence-corrected chi connectivity index (χ0v) is 13.1. The molecular formula is C17H19NO2S. The number of anilines is 1. The fraction of sp³-hybridized carbons (Fsp3) is 0.294. The molecule has 0 N–H and O–H groups in total. The van der Waals surface area contributed by atoms with Crippen molar-refractivity contribution < 1.29 is 8.42 Å². The molecule has 0 aromatic heterocycles. The van der Waals surface area contributed by atoms with Gasteiger partial charge in [-0.15, -0.1) is 0 Å². The van der Waals surface area contributed by atoms with Crippen LogP contribution in [-0.4, -0.2) is 15.0 Å². The van der Waals surface area contributed by atoms with E-state index in [-0.39, 0.29) is 11.2 Å². The van der Waals surface area contributed by atoms with Gasteiger partial charge >= 0.3 is 0 Å². The van der Waals surface area contributed by atoms with Gasteiger partial charge in [0.15, 0.2) is 0 Å². The van der Waals surface area contributed by atoms with E-state index in [1.54, 1.807) is 4.31 Å². The van der Waals surface area contributed by atoms with E-state index < -0.39 is 10.0 Å². The van der Waals surface area contributed by atoms with Crippen LogP contribution < -0.4 is 4.31 Å². The predicted molar refractivity (Wildman–Crippen MR) is 85.9 cm³/mol. The number of nitrogens with zero attached hydrogens (tertiary/aromatic N) is 1. The number of fused-ring (bicyclic) bond motifs is 1. The monoisotopic (exact) mass is 301 g/mol. The van der Waals surface area contributed by atoms with Crippen molar-refractivity contribution in [2.45, 2.75) is 25.0 Å². The Morgan fingerprint density at radius 1 is 1.00 bits per heavy atom. The van der Waals surface area contributed by atoms with Crippen LogP contribution in [0.2, 0.25) is 0 Å². The van der Waals surface area contributed by atoms with Gasteiger partial charge in [-0.25, -0.2) is 8.42 Å². The van der Waals surface area contributed by atoms with E-state index in [0.29, 0.717) is 6.54 Å². The fourth-order valence-corrected chi connectivity index (χ4v) is 4.65. The highest BCUT2D eigenvalue weighted by Gasteiger charge is 2.40. The van der Waals surface area contributed by atoms with E-state index >= 15 is 0 Å². The van der Waals surface area contributed by atoms with Gasteiger partial charge < -0.3 is 0 Å². The van der Waals surface area contributed by atoms with Gasteiger partial charge in [0.2, 0.25) is 10.0 Å². The summed E-state index contributed by atoms with van der Waals surface area (Å²) in [6.07, 6.45) is 0. The van der Waals surface area contributed by atoms with Crippen molar-refractivity contribution >= 4 is 15.7 Å². The number of benzene rings is 2. The molecule has 2 aromatic rings. The van der Waals surface area contributed by atoms with Crippen molar-refractivity contribution in [2.24, 2.45) is 0 Å². The molecule has 0 amide bonds. The second-order valence-corrected chi connectivity index (χ2v) is 8.04. The van der Waals surface area contributed by atoms with Crippen molar-refractivity contribution in [3.05, 3.63) is 65.7 Å². The van der Waals surface area contributed by atoms with Crippen molar-refractivity contribution in [1.29, 1.82) is 0 Å². The van der Waals surface area contributed by atoms with Gasteiger partial charge in [0.05, 0.1) is 11.4 Å². The summed E-state index contributed by atoms with van der Waals surface area (Å²) >= 11 is 0. The molecule has 110 valence electrons. The van der Waals surface area contributed by atoms with Crippen LogP contribution in [-0.2, 0) is 21.2 Å². The highest BCUT2D eigenvalue weighted by molar-refractivity contribution is 7.92. The van der Waals surface area contributed by atoms with Crippen LogP contribution in [0.1, 0.15) is 25.0 Å². The number of hydrogen-bond donors (Lipinski definition) is 0. The normalized spacial score (nSPS) is 16.8. The Labute approximate surface area is 126 Å². The summed E-state index contributed by atoms with van der Waals surface area (Å²) in [5.74, 6) is 0.0399. The van der Waals surface area contributed by atoms with Crippen LogP contribution in [0, 0.1) is 0 Å². The largest absolute Gasteiger partial charge is 0.269 e. The van der Waals surface area contributed by atoms with Crippen molar-refractivity contribution in [1.82, 2.24) is 0 Å². The lowest BCUT2D eigenvalue weighted by Gasteiger charge is -2.22. The quantitative estimate of drug-likeness (QED) is 0.872. The first-order valence-electron chi connectivity index (χ1n) is 7.04. The smallest absolute Gasteiger partial charge is 0.239 e. The summed E-state index contributed by atoms with van der Waals surface area (Å²) in [6.45, 7) is 4.68. The molecular weight excluding hydrogens is 282 g/mol. The Morgan fingerprint density at radius 2 is 1.62 bits per heavy atom. The molecule has 0 atom stereocenters. The maximum Gasteiger partial charge on any atom is 0.239 e. The lowest BCUT2D eigenvalue weighted by atomic mass is 9.87. The number of para-hydroxylation sites is 1. The standard InChI is InChI=1S/C17H19NO2S/c1-17(2)13-18(16-11-7-6-10-15(16)17)21(19,20)12-14-8-4-3-5-9-14/h3-11H,12-13H2,1-2H3. The average molecular weight is 301 g/mol. The van der Waals surface area contributed by atoms with Crippen molar-refractivity contribution in [3.8, 4) is 0 Å². The number of sulfonamides is 1. The van der Waals surface area contributed by atoms with Crippen molar-refractivity contribution in [3.63, 3.8) is 0 Å². The van der Waals surface area contributed by atoms with Crippen LogP contribution in [0.15, 0.2) is 54.6 Å². The van der Waals surface area contributed by atoms with E-state index in [1.165, 1.54) is 0 Å². The van der Waals surface area contributed by atoms with Crippen LogP contribution in [0.5, 0.6) is 0 Å². The van der Waals surface area contributed by atoms with E-state index in [1.807, 2.05) is 54.6 Å². The second-order valence-electron chi connectivity index (χ2n) is 6.15. The first-order valence-corrected chi connectivity index (χ1v) is 8.65. The molecule has 1 heterocycles. The minimum absolute atomic E-state index is 0.0399. The van der Waals surface area contributed by atoms with E-state index in [0.717, 1.165) is 16.8 Å². The summed E-state index contributed by atoms with van der Waals surface area (Å²) in [5, 5.41) is 0. The lowest BCUT2D eigenvalue weighted by molar-refractivity contribution is 0.554. The summed E-state index contributed by atoms with van der Waals surface area (Å²) < 4.78 is 27.1. The molecule has 1 aliphatic heterocycles. The molecule has 1 aliphatic rings. The van der Waals surface area contributed by atoms with Crippen molar-refractivity contribution in [2.75, 3.05) is 10.8 Å². The van der Waals surface area contributed by atoms with Gasteiger partial charge in [-0.1, -0.05) is 62.4 Å². The topological polar surface area (TPSA) is 37.4 Å². The van der Waals surface area contributed by atoms with E-state index in [9.17, 15) is 8.42 Å². The highest BCUT2D eigenvalue weighted by atomic mass is 32.2. The van der Waals surface area contributed by atoms with Gasteiger partial charge in [-0.05, 0) is 17.2 Å².